The van der Waals surface area contributed by atoms with E-state index in [4.69, 9.17) is 4.42 Å². The molecule has 11 rings (SSSR count). The molecule has 0 amide bonds. The number of hydrogen-bond donors (Lipinski definition) is 0. The van der Waals surface area contributed by atoms with E-state index in [1.54, 1.807) is 0 Å². The second kappa shape index (κ2) is 11.7. The largest absolute Gasteiger partial charge is 0.456 e. The van der Waals surface area contributed by atoms with E-state index in [0.29, 0.717) is 0 Å². The van der Waals surface area contributed by atoms with Crippen LogP contribution in [-0.4, -0.2) is 0 Å². The van der Waals surface area contributed by atoms with Gasteiger partial charge in [0.25, 0.3) is 0 Å². The van der Waals surface area contributed by atoms with Crippen molar-refractivity contribution in [3.63, 3.8) is 0 Å². The van der Waals surface area contributed by atoms with E-state index >= 15 is 0 Å². The smallest absolute Gasteiger partial charge is 0.137 e. The van der Waals surface area contributed by atoms with Crippen LogP contribution < -0.4 is 4.90 Å². The molecule has 52 heavy (non-hydrogen) atoms. The average Bonchev–Trinajstić information content (AvgIpc) is 3.89. The van der Waals surface area contributed by atoms with Crippen molar-refractivity contribution in [2.24, 2.45) is 0 Å². The monoisotopic (exact) mass is 699 g/mol. The van der Waals surface area contributed by atoms with E-state index in [0.717, 1.165) is 39.0 Å². The highest BCUT2D eigenvalue weighted by Crippen LogP contribution is 2.44. The van der Waals surface area contributed by atoms with Gasteiger partial charge in [0, 0.05) is 57.1 Å². The number of hydrogen-bond acceptors (Lipinski definition) is 4. The van der Waals surface area contributed by atoms with Gasteiger partial charge >= 0.3 is 0 Å². The summed E-state index contributed by atoms with van der Waals surface area (Å²) >= 11 is 3.71. The molecule has 0 fully saturated rings. The lowest BCUT2D eigenvalue weighted by molar-refractivity contribution is 0.669. The van der Waals surface area contributed by atoms with Crippen LogP contribution >= 0.6 is 22.7 Å². The summed E-state index contributed by atoms with van der Waals surface area (Å²) in [6, 6.07) is 63.8. The van der Waals surface area contributed by atoms with E-state index in [1.807, 2.05) is 34.8 Å². The number of furan rings is 1. The van der Waals surface area contributed by atoms with E-state index in [9.17, 15) is 0 Å². The fraction of sp³-hybridized carbons (Fsp3) is 0. The quantitative estimate of drug-likeness (QED) is 0.178. The van der Waals surface area contributed by atoms with Crippen LogP contribution in [0, 0.1) is 0 Å². The molecule has 11 aromatic rings. The first-order chi connectivity index (χ1) is 25.7. The van der Waals surface area contributed by atoms with Gasteiger partial charge in [-0.15, -0.1) is 22.7 Å². The van der Waals surface area contributed by atoms with Gasteiger partial charge in [0.2, 0.25) is 0 Å². The van der Waals surface area contributed by atoms with Crippen molar-refractivity contribution in [3.8, 4) is 22.3 Å². The minimum absolute atomic E-state index is 0.879. The third-order valence-electron chi connectivity index (χ3n) is 10.3. The van der Waals surface area contributed by atoms with Crippen molar-refractivity contribution in [3.05, 3.63) is 176 Å². The van der Waals surface area contributed by atoms with E-state index in [1.165, 1.54) is 62.6 Å². The predicted octanol–water partition coefficient (Wildman–Crippen LogP) is 15.1. The van der Waals surface area contributed by atoms with Gasteiger partial charge in [-0.2, -0.15) is 0 Å². The maximum absolute atomic E-state index is 6.36. The fourth-order valence-electron chi connectivity index (χ4n) is 7.79. The number of benzene rings is 8. The summed E-state index contributed by atoms with van der Waals surface area (Å²) in [5, 5.41) is 7.48. The standard InChI is InChI=1S/C48H29NOS2/c1-4-12-42-38(10-1)48-41(11-7-13-43(48)50-42)49(34-22-16-30(17-23-34)32-20-26-46-39(28-32)36-8-2-5-14-44(36)51-46)35-24-18-31(19-25-35)33-21-27-47-40(29-33)37-9-3-6-15-45(37)52-47/h1-29H. The lowest BCUT2D eigenvalue weighted by Crippen LogP contribution is -2.10. The highest BCUT2D eigenvalue weighted by Gasteiger charge is 2.20. The summed E-state index contributed by atoms with van der Waals surface area (Å²) in [6.07, 6.45) is 0. The third-order valence-corrected chi connectivity index (χ3v) is 12.6. The molecule has 0 N–H and O–H groups in total. The molecule has 0 saturated heterocycles. The molecule has 0 saturated carbocycles. The van der Waals surface area contributed by atoms with Gasteiger partial charge in [0.1, 0.15) is 11.2 Å². The number of rotatable bonds is 5. The van der Waals surface area contributed by atoms with E-state index in [-0.39, 0.29) is 0 Å². The molecule has 0 atom stereocenters. The Morgan fingerprint density at radius 3 is 1.38 bits per heavy atom. The van der Waals surface area contributed by atoms with E-state index < -0.39 is 0 Å². The first-order valence-corrected chi connectivity index (χ1v) is 19.1. The highest BCUT2D eigenvalue weighted by atomic mass is 32.1. The Bertz CT molecular complexity index is 2970. The molecule has 0 spiro atoms. The molecule has 3 heterocycles. The Hall–Kier alpha value is -6.20. The predicted molar refractivity (Wildman–Crippen MR) is 225 cm³/mol. The van der Waals surface area contributed by atoms with Gasteiger partial charge in [-0.25, -0.2) is 0 Å². The van der Waals surface area contributed by atoms with Gasteiger partial charge in [0.15, 0.2) is 0 Å². The molecule has 2 nitrogen and oxygen atoms in total. The molecular weight excluding hydrogens is 671 g/mol. The second-order valence-electron chi connectivity index (χ2n) is 13.3. The molecule has 3 aromatic heterocycles. The van der Waals surface area contributed by atoms with Crippen molar-refractivity contribution in [2.75, 3.05) is 4.90 Å². The Kier molecular flexibility index (Phi) is 6.63. The molecule has 0 bridgehead atoms. The SMILES string of the molecule is c1ccc2c(c1)oc1cccc(N(c3ccc(-c4ccc5sc6ccccc6c5c4)cc3)c3ccc(-c4ccc5sc6ccccc6c5c4)cc3)c12. The van der Waals surface area contributed by atoms with Crippen molar-refractivity contribution >= 4 is 102 Å². The minimum Gasteiger partial charge on any atom is -0.456 e. The van der Waals surface area contributed by atoms with Gasteiger partial charge in [0.05, 0.1) is 11.1 Å². The van der Waals surface area contributed by atoms with Gasteiger partial charge < -0.3 is 9.32 Å². The van der Waals surface area contributed by atoms with Crippen LogP contribution in [0.4, 0.5) is 17.1 Å². The summed E-state index contributed by atoms with van der Waals surface area (Å²) in [7, 11) is 0. The zero-order valence-electron chi connectivity index (χ0n) is 27.9. The van der Waals surface area contributed by atoms with Gasteiger partial charge in [-0.1, -0.05) is 97.1 Å². The first-order valence-electron chi connectivity index (χ1n) is 17.5. The molecule has 0 aliphatic carbocycles. The number of anilines is 3. The summed E-state index contributed by atoms with van der Waals surface area (Å²) in [5.41, 5.74) is 9.85. The fourth-order valence-corrected chi connectivity index (χ4v) is 9.96. The Morgan fingerprint density at radius 1 is 0.346 bits per heavy atom. The van der Waals surface area contributed by atoms with Crippen LogP contribution in [0.2, 0.25) is 0 Å². The normalized spacial score (nSPS) is 11.8. The molecule has 0 aliphatic rings. The lowest BCUT2D eigenvalue weighted by atomic mass is 10.0. The van der Waals surface area contributed by atoms with Crippen molar-refractivity contribution in [2.45, 2.75) is 0 Å². The van der Waals surface area contributed by atoms with Gasteiger partial charge in [-0.3, -0.25) is 0 Å². The molecule has 0 unspecified atom stereocenters. The van der Waals surface area contributed by atoms with Crippen molar-refractivity contribution < 1.29 is 4.42 Å². The number of fused-ring (bicyclic) bond motifs is 9. The summed E-state index contributed by atoms with van der Waals surface area (Å²) in [4.78, 5) is 2.36. The zero-order valence-corrected chi connectivity index (χ0v) is 29.5. The first kappa shape index (κ1) is 29.5. The maximum atomic E-state index is 6.36. The Balaban J connectivity index is 1.03. The van der Waals surface area contributed by atoms with Crippen LogP contribution in [0.25, 0.3) is 84.5 Å². The number of thiophene rings is 2. The molecular formula is C48H29NOS2. The van der Waals surface area contributed by atoms with Crippen molar-refractivity contribution in [1.29, 1.82) is 0 Å². The van der Waals surface area contributed by atoms with Crippen LogP contribution in [0.15, 0.2) is 180 Å². The Labute approximate surface area is 308 Å². The Morgan fingerprint density at radius 2 is 0.808 bits per heavy atom. The van der Waals surface area contributed by atoms with Crippen LogP contribution in [0.3, 0.4) is 0 Å². The molecule has 244 valence electrons. The lowest BCUT2D eigenvalue weighted by Gasteiger charge is -2.26. The summed E-state index contributed by atoms with van der Waals surface area (Å²) in [5.74, 6) is 0. The third kappa shape index (κ3) is 4.69. The molecule has 0 radical (unpaired) electrons. The maximum Gasteiger partial charge on any atom is 0.137 e. The summed E-state index contributed by atoms with van der Waals surface area (Å²) in [6.45, 7) is 0. The topological polar surface area (TPSA) is 16.4 Å². The van der Waals surface area contributed by atoms with Crippen molar-refractivity contribution in [1.82, 2.24) is 0 Å². The van der Waals surface area contributed by atoms with Gasteiger partial charge in [-0.05, 0) is 101 Å². The zero-order chi connectivity index (χ0) is 34.2. The minimum atomic E-state index is 0.879. The van der Waals surface area contributed by atoms with Crippen LogP contribution in [0.5, 0.6) is 0 Å². The average molecular weight is 700 g/mol. The van der Waals surface area contributed by atoms with Crippen LogP contribution in [-0.2, 0) is 0 Å². The molecule has 4 heteroatoms. The van der Waals surface area contributed by atoms with E-state index in [2.05, 4.69) is 169 Å². The highest BCUT2D eigenvalue weighted by molar-refractivity contribution is 7.26. The second-order valence-corrected chi connectivity index (χ2v) is 15.5. The number of para-hydroxylation sites is 1. The molecule has 0 aliphatic heterocycles. The summed E-state index contributed by atoms with van der Waals surface area (Å²) < 4.78 is 11.7. The number of nitrogens with zero attached hydrogens (tertiary/aromatic N) is 1. The van der Waals surface area contributed by atoms with Crippen LogP contribution in [0.1, 0.15) is 0 Å². The molecule has 8 aromatic carbocycles.